The van der Waals surface area contributed by atoms with Crippen LogP contribution in [0, 0.1) is 0 Å². The topological polar surface area (TPSA) is 191 Å². The summed E-state index contributed by atoms with van der Waals surface area (Å²) in [5.41, 5.74) is 0.472. The molecule has 5 amide bonds. The number of carbonyl (C=O) groups excluding carboxylic acids is 6. The largest absolute Gasteiger partial charge is 0.467 e. The maximum absolute atomic E-state index is 13.9. The molecule has 6 rings (SSSR count). The van der Waals surface area contributed by atoms with Crippen LogP contribution in [0.15, 0.2) is 36.4 Å². The molecular formula is C38H51N7O10. The van der Waals surface area contributed by atoms with Gasteiger partial charge in [-0.2, -0.15) is 5.10 Å². The zero-order chi connectivity index (χ0) is 38.7. The average molecular weight is 766 g/mol. The molecule has 3 atom stereocenters. The molecule has 3 saturated heterocycles. The average Bonchev–Trinajstić information content (AvgIpc) is 3.98. The molecule has 2 N–H and O–H groups in total. The lowest BCUT2D eigenvalue weighted by Crippen LogP contribution is -2.56. The number of carbonyl (C=O) groups is 6. The summed E-state index contributed by atoms with van der Waals surface area (Å²) in [6, 6.07) is 8.77. The SMILES string of the molecule is CCOC(=O)N1CCN(C(=O)C(CCC(=O)OCC2CCCO2)NC(=O)c2cc(OCC(=O)N3CCCC3C(=O)NC3CCC3)n(-c3ccccc3)n2)CC1. The highest BCUT2D eigenvalue weighted by atomic mass is 16.6. The normalized spacial score (nSPS) is 20.3. The highest BCUT2D eigenvalue weighted by Crippen LogP contribution is 2.24. The fraction of sp³-hybridized carbons (Fsp3) is 0.605. The summed E-state index contributed by atoms with van der Waals surface area (Å²) in [6.45, 7) is 3.66. The number of nitrogens with zero attached hydrogens (tertiary/aromatic N) is 5. The van der Waals surface area contributed by atoms with E-state index in [1.807, 2.05) is 6.07 Å². The third-order valence-electron chi connectivity index (χ3n) is 10.4. The van der Waals surface area contributed by atoms with E-state index >= 15 is 0 Å². The summed E-state index contributed by atoms with van der Waals surface area (Å²) in [4.78, 5) is 83.6. The van der Waals surface area contributed by atoms with Crippen molar-refractivity contribution >= 4 is 35.7 Å². The third kappa shape index (κ3) is 10.3. The molecular weight excluding hydrogens is 714 g/mol. The summed E-state index contributed by atoms with van der Waals surface area (Å²) in [5.74, 6) is -2.05. The van der Waals surface area contributed by atoms with Crippen molar-refractivity contribution in [2.45, 2.75) is 88.9 Å². The van der Waals surface area contributed by atoms with Gasteiger partial charge in [0.2, 0.25) is 17.7 Å². The van der Waals surface area contributed by atoms with Gasteiger partial charge in [0, 0.05) is 57.9 Å². The second-order valence-corrected chi connectivity index (χ2v) is 14.2. The van der Waals surface area contributed by atoms with Crippen molar-refractivity contribution in [2.75, 3.05) is 59.2 Å². The van der Waals surface area contributed by atoms with Gasteiger partial charge in [0.15, 0.2) is 12.3 Å². The van der Waals surface area contributed by atoms with Crippen molar-refractivity contribution < 1.29 is 47.7 Å². The Morgan fingerprint density at radius 2 is 1.67 bits per heavy atom. The van der Waals surface area contributed by atoms with Crippen molar-refractivity contribution in [1.29, 1.82) is 0 Å². The fourth-order valence-corrected chi connectivity index (χ4v) is 7.07. The Balaban J connectivity index is 1.14. The summed E-state index contributed by atoms with van der Waals surface area (Å²) in [5, 5.41) is 10.3. The van der Waals surface area contributed by atoms with Gasteiger partial charge in [0.25, 0.3) is 11.8 Å². The van der Waals surface area contributed by atoms with Crippen LogP contribution in [0.2, 0.25) is 0 Å². The minimum atomic E-state index is -1.12. The monoisotopic (exact) mass is 765 g/mol. The molecule has 1 aliphatic carbocycles. The smallest absolute Gasteiger partial charge is 0.409 e. The van der Waals surface area contributed by atoms with Gasteiger partial charge in [-0.05, 0) is 70.4 Å². The van der Waals surface area contributed by atoms with Gasteiger partial charge < -0.3 is 44.3 Å². The Kier molecular flexibility index (Phi) is 13.6. The number of piperazine rings is 1. The molecule has 1 aromatic carbocycles. The van der Waals surface area contributed by atoms with Crippen LogP contribution < -0.4 is 15.4 Å². The van der Waals surface area contributed by atoms with Crippen LogP contribution in [0.1, 0.15) is 75.2 Å². The second-order valence-electron chi connectivity index (χ2n) is 14.2. The first-order chi connectivity index (χ1) is 26.7. The number of benzene rings is 1. The Labute approximate surface area is 319 Å². The van der Waals surface area contributed by atoms with Crippen LogP contribution in [-0.2, 0) is 33.4 Å². The lowest BCUT2D eigenvalue weighted by molar-refractivity contribution is -0.147. The first-order valence-electron chi connectivity index (χ1n) is 19.4. The van der Waals surface area contributed by atoms with Crippen molar-refractivity contribution in [3.63, 3.8) is 0 Å². The standard InChI is InChI=1S/C38H51N7O10/c1-2-52-38(51)43-20-18-42(19-21-43)37(50)29(15-16-34(47)55-24-28-13-8-22-53-28)40-35(48)30-23-33(45(41-30)27-11-4-3-5-12-27)54-25-32(46)44-17-7-14-31(44)36(49)39-26-9-6-10-26/h3-5,11-12,23,26,28-29,31H,2,6-10,13-22,24-25H2,1H3,(H,39,49)(H,40,48). The van der Waals surface area contributed by atoms with Crippen LogP contribution in [0.3, 0.4) is 0 Å². The minimum Gasteiger partial charge on any atom is -0.467 e. The molecule has 298 valence electrons. The van der Waals surface area contributed by atoms with Crippen LogP contribution in [0.4, 0.5) is 4.79 Å². The van der Waals surface area contributed by atoms with Crippen LogP contribution in [-0.4, -0.2) is 144 Å². The molecule has 3 unspecified atom stereocenters. The zero-order valence-electron chi connectivity index (χ0n) is 31.3. The predicted octanol–water partition coefficient (Wildman–Crippen LogP) is 1.81. The lowest BCUT2D eigenvalue weighted by Gasteiger charge is -2.35. The molecule has 0 radical (unpaired) electrons. The molecule has 2 aromatic rings. The highest BCUT2D eigenvalue weighted by Gasteiger charge is 2.36. The van der Waals surface area contributed by atoms with E-state index in [1.165, 1.54) is 15.6 Å². The summed E-state index contributed by atoms with van der Waals surface area (Å²) in [6.07, 6.45) is 5.14. The number of rotatable bonds is 15. The number of esters is 1. The van der Waals surface area contributed by atoms with Gasteiger partial charge in [-0.25, -0.2) is 9.48 Å². The summed E-state index contributed by atoms with van der Waals surface area (Å²) in [7, 11) is 0. The quantitative estimate of drug-likeness (QED) is 0.252. The van der Waals surface area contributed by atoms with Gasteiger partial charge in [0.05, 0.1) is 18.4 Å². The number of para-hydroxylation sites is 1. The van der Waals surface area contributed by atoms with Crippen molar-refractivity contribution in [2.24, 2.45) is 0 Å². The Bertz CT molecular complexity index is 1670. The van der Waals surface area contributed by atoms with Crippen LogP contribution in [0.25, 0.3) is 5.69 Å². The molecule has 55 heavy (non-hydrogen) atoms. The molecule has 0 spiro atoms. The van der Waals surface area contributed by atoms with Gasteiger partial charge in [-0.15, -0.1) is 0 Å². The van der Waals surface area contributed by atoms with Gasteiger partial charge in [-0.1, -0.05) is 18.2 Å². The van der Waals surface area contributed by atoms with Gasteiger partial charge >= 0.3 is 12.1 Å². The summed E-state index contributed by atoms with van der Waals surface area (Å²) < 4.78 is 23.4. The van der Waals surface area contributed by atoms with E-state index < -0.39 is 36.0 Å². The maximum atomic E-state index is 13.9. The van der Waals surface area contributed by atoms with Crippen molar-refractivity contribution in [1.82, 2.24) is 35.1 Å². The predicted molar refractivity (Wildman–Crippen MR) is 195 cm³/mol. The van der Waals surface area contributed by atoms with E-state index in [0.717, 1.165) is 32.1 Å². The van der Waals surface area contributed by atoms with E-state index in [9.17, 15) is 28.8 Å². The molecule has 4 fully saturated rings. The van der Waals surface area contributed by atoms with E-state index in [2.05, 4.69) is 15.7 Å². The second kappa shape index (κ2) is 18.9. The first kappa shape index (κ1) is 39.5. The van der Waals surface area contributed by atoms with E-state index in [4.69, 9.17) is 18.9 Å². The Hall–Kier alpha value is -5.19. The number of hydrogen-bond donors (Lipinski definition) is 2. The number of hydrogen-bond acceptors (Lipinski definition) is 11. The number of ether oxygens (including phenoxy) is 4. The van der Waals surface area contributed by atoms with Crippen molar-refractivity contribution in [3.8, 4) is 11.6 Å². The zero-order valence-corrected chi connectivity index (χ0v) is 31.3. The molecule has 4 aliphatic rings. The molecule has 1 aromatic heterocycles. The van der Waals surface area contributed by atoms with Gasteiger partial charge in [0.1, 0.15) is 18.7 Å². The van der Waals surface area contributed by atoms with Crippen molar-refractivity contribution in [3.05, 3.63) is 42.1 Å². The number of likely N-dealkylation sites (tertiary alicyclic amines) is 1. The van der Waals surface area contributed by atoms with Crippen LogP contribution >= 0.6 is 0 Å². The van der Waals surface area contributed by atoms with Gasteiger partial charge in [-0.3, -0.25) is 24.0 Å². The Morgan fingerprint density at radius 1 is 0.909 bits per heavy atom. The molecule has 3 aliphatic heterocycles. The van der Waals surface area contributed by atoms with Crippen LogP contribution in [0.5, 0.6) is 5.88 Å². The summed E-state index contributed by atoms with van der Waals surface area (Å²) >= 11 is 0. The maximum Gasteiger partial charge on any atom is 0.409 e. The van der Waals surface area contributed by atoms with E-state index in [-0.39, 0.29) is 94.4 Å². The Morgan fingerprint density at radius 3 is 2.36 bits per heavy atom. The number of amides is 5. The first-order valence-corrected chi connectivity index (χ1v) is 19.4. The molecule has 17 heteroatoms. The third-order valence-corrected chi connectivity index (χ3v) is 10.4. The number of nitrogens with one attached hydrogen (secondary N) is 2. The highest BCUT2D eigenvalue weighted by molar-refractivity contribution is 5.96. The molecule has 4 heterocycles. The fourth-order valence-electron chi connectivity index (χ4n) is 7.07. The van der Waals surface area contributed by atoms with E-state index in [0.29, 0.717) is 31.7 Å². The molecule has 0 bridgehead atoms. The number of aromatic nitrogens is 2. The minimum absolute atomic E-state index is 0.0460. The molecule has 1 saturated carbocycles. The van der Waals surface area contributed by atoms with E-state index in [1.54, 1.807) is 41.0 Å². The lowest BCUT2D eigenvalue weighted by atomic mass is 9.93. The molecule has 17 nitrogen and oxygen atoms in total.